The molecule has 0 spiro atoms. The van der Waals surface area contributed by atoms with Crippen LogP contribution < -0.4 is 5.32 Å². The van der Waals surface area contributed by atoms with Crippen LogP contribution in [-0.2, 0) is 0 Å². The summed E-state index contributed by atoms with van der Waals surface area (Å²) in [7, 11) is 0. The predicted molar refractivity (Wildman–Crippen MR) is 66.7 cm³/mol. The summed E-state index contributed by atoms with van der Waals surface area (Å²) in [6, 6.07) is 2.60. The molecule has 0 aromatic heterocycles. The van der Waals surface area contributed by atoms with Gasteiger partial charge in [0.15, 0.2) is 0 Å². The van der Waals surface area contributed by atoms with E-state index in [4.69, 9.17) is 0 Å². The number of unbranched alkanes of at least 4 members (excludes halogenated alkanes) is 1. The van der Waals surface area contributed by atoms with Gasteiger partial charge in [0, 0.05) is 10.5 Å². The van der Waals surface area contributed by atoms with Crippen LogP contribution in [0.25, 0.3) is 0 Å². The highest BCUT2D eigenvalue weighted by atomic mass is 79.9. The average molecular weight is 292 g/mol. The third-order valence-electron chi connectivity index (χ3n) is 2.39. The Bertz CT molecular complexity index is 332. The first-order valence-electron chi connectivity index (χ1n) is 5.45. The highest BCUT2D eigenvalue weighted by molar-refractivity contribution is 9.10. The maximum Gasteiger partial charge on any atom is 0.150 e. The molecule has 0 saturated heterocycles. The Hall–Kier alpha value is -0.640. The van der Waals surface area contributed by atoms with Crippen molar-refractivity contribution in [3.63, 3.8) is 0 Å². The van der Waals surface area contributed by atoms with E-state index < -0.39 is 11.6 Å². The number of nitrogens with one attached hydrogen (secondary N) is 1. The molecular formula is C12H16BrF2N. The maximum atomic E-state index is 13.5. The summed E-state index contributed by atoms with van der Waals surface area (Å²) < 4.78 is 27.3. The maximum absolute atomic E-state index is 13.5. The number of hydrogen-bond acceptors (Lipinski definition) is 1. The van der Waals surface area contributed by atoms with E-state index in [1.54, 1.807) is 0 Å². The molecule has 0 heterocycles. The third-order valence-corrected chi connectivity index (χ3v) is 2.85. The van der Waals surface area contributed by atoms with Gasteiger partial charge in [0.2, 0.25) is 0 Å². The molecule has 0 saturated carbocycles. The van der Waals surface area contributed by atoms with Gasteiger partial charge in [-0.1, -0.05) is 35.7 Å². The van der Waals surface area contributed by atoms with Crippen molar-refractivity contribution in [2.45, 2.75) is 39.2 Å². The minimum absolute atomic E-state index is 0.0354. The summed E-state index contributed by atoms with van der Waals surface area (Å²) in [4.78, 5) is 0. The molecule has 16 heavy (non-hydrogen) atoms. The van der Waals surface area contributed by atoms with Crippen molar-refractivity contribution >= 4 is 21.6 Å². The minimum Gasteiger partial charge on any atom is -0.378 e. The summed E-state index contributed by atoms with van der Waals surface area (Å²) in [5.74, 6) is -1.12. The standard InChI is InChI=1S/C12H16BrF2N/c1-3-4-5-8(2)16-12-10(14)6-9(13)7-11(12)15/h6-8,16H,3-5H2,1-2H3. The number of benzene rings is 1. The summed E-state index contributed by atoms with van der Waals surface area (Å²) in [6.07, 6.45) is 3.04. The fourth-order valence-corrected chi connectivity index (χ4v) is 1.91. The van der Waals surface area contributed by atoms with Gasteiger partial charge in [-0.3, -0.25) is 0 Å². The molecule has 0 radical (unpaired) electrons. The normalized spacial score (nSPS) is 12.6. The highest BCUT2D eigenvalue weighted by Gasteiger charge is 2.12. The van der Waals surface area contributed by atoms with Gasteiger partial charge in [-0.15, -0.1) is 0 Å². The molecule has 1 rings (SSSR count). The Morgan fingerprint density at radius 1 is 1.31 bits per heavy atom. The Morgan fingerprint density at radius 2 is 1.88 bits per heavy atom. The Balaban J connectivity index is 2.73. The van der Waals surface area contributed by atoms with Crippen LogP contribution in [0.1, 0.15) is 33.1 Å². The lowest BCUT2D eigenvalue weighted by Gasteiger charge is -2.16. The van der Waals surface area contributed by atoms with Crippen LogP contribution >= 0.6 is 15.9 Å². The molecule has 90 valence electrons. The largest absolute Gasteiger partial charge is 0.378 e. The van der Waals surface area contributed by atoms with E-state index in [0.29, 0.717) is 4.47 Å². The van der Waals surface area contributed by atoms with E-state index in [9.17, 15) is 8.78 Å². The monoisotopic (exact) mass is 291 g/mol. The number of anilines is 1. The molecule has 4 heteroatoms. The van der Waals surface area contributed by atoms with Gasteiger partial charge in [-0.25, -0.2) is 8.78 Å². The lowest BCUT2D eigenvalue weighted by atomic mass is 10.1. The molecule has 1 aromatic carbocycles. The zero-order valence-corrected chi connectivity index (χ0v) is 11.1. The fraction of sp³-hybridized carbons (Fsp3) is 0.500. The Labute approximate surface area is 103 Å². The van der Waals surface area contributed by atoms with Gasteiger partial charge in [0.05, 0.1) is 0 Å². The van der Waals surface area contributed by atoms with Crippen LogP contribution in [0.4, 0.5) is 14.5 Å². The molecule has 0 aliphatic rings. The quantitative estimate of drug-likeness (QED) is 0.828. The summed E-state index contributed by atoms with van der Waals surface area (Å²) in [6.45, 7) is 4.02. The lowest BCUT2D eigenvalue weighted by molar-refractivity contribution is 0.573. The zero-order valence-electron chi connectivity index (χ0n) is 9.49. The predicted octanol–water partition coefficient (Wildman–Crippen LogP) is 4.72. The molecule has 0 aliphatic carbocycles. The van der Waals surface area contributed by atoms with Crippen molar-refractivity contribution in [2.75, 3.05) is 5.32 Å². The second kappa shape index (κ2) is 6.18. The van der Waals surface area contributed by atoms with Gasteiger partial charge < -0.3 is 5.32 Å². The van der Waals surface area contributed by atoms with E-state index in [1.165, 1.54) is 12.1 Å². The van der Waals surface area contributed by atoms with Crippen molar-refractivity contribution in [1.82, 2.24) is 0 Å². The van der Waals surface area contributed by atoms with Gasteiger partial charge in [0.25, 0.3) is 0 Å². The Morgan fingerprint density at radius 3 is 2.38 bits per heavy atom. The van der Waals surface area contributed by atoms with Crippen molar-refractivity contribution in [2.24, 2.45) is 0 Å². The first-order chi connectivity index (χ1) is 7.54. The zero-order chi connectivity index (χ0) is 12.1. The van der Waals surface area contributed by atoms with Gasteiger partial charge >= 0.3 is 0 Å². The second-order valence-electron chi connectivity index (χ2n) is 3.93. The van der Waals surface area contributed by atoms with Crippen molar-refractivity contribution < 1.29 is 8.78 Å². The highest BCUT2D eigenvalue weighted by Crippen LogP contribution is 2.24. The van der Waals surface area contributed by atoms with E-state index in [2.05, 4.69) is 28.2 Å². The average Bonchev–Trinajstić information content (AvgIpc) is 2.20. The Kier molecular flexibility index (Phi) is 5.19. The number of hydrogen-bond donors (Lipinski definition) is 1. The molecular weight excluding hydrogens is 276 g/mol. The number of rotatable bonds is 5. The van der Waals surface area contributed by atoms with Gasteiger partial charge in [0.1, 0.15) is 17.3 Å². The van der Waals surface area contributed by atoms with Gasteiger partial charge in [-0.2, -0.15) is 0 Å². The van der Waals surface area contributed by atoms with Crippen LogP contribution in [0.2, 0.25) is 0 Å². The molecule has 1 atom stereocenters. The smallest absolute Gasteiger partial charge is 0.150 e. The summed E-state index contributed by atoms with van der Waals surface area (Å²) in [5.41, 5.74) is -0.0354. The van der Waals surface area contributed by atoms with E-state index in [-0.39, 0.29) is 11.7 Å². The molecule has 0 amide bonds. The van der Waals surface area contributed by atoms with Crippen molar-refractivity contribution in [3.8, 4) is 0 Å². The van der Waals surface area contributed by atoms with E-state index in [0.717, 1.165) is 19.3 Å². The lowest BCUT2D eigenvalue weighted by Crippen LogP contribution is -2.17. The van der Waals surface area contributed by atoms with Crippen molar-refractivity contribution in [1.29, 1.82) is 0 Å². The van der Waals surface area contributed by atoms with E-state index >= 15 is 0 Å². The van der Waals surface area contributed by atoms with Crippen LogP contribution in [0.5, 0.6) is 0 Å². The van der Waals surface area contributed by atoms with Crippen LogP contribution in [-0.4, -0.2) is 6.04 Å². The van der Waals surface area contributed by atoms with Crippen LogP contribution in [0.15, 0.2) is 16.6 Å². The minimum atomic E-state index is -0.560. The summed E-state index contributed by atoms with van der Waals surface area (Å²) in [5, 5.41) is 2.87. The summed E-state index contributed by atoms with van der Waals surface area (Å²) >= 11 is 3.05. The second-order valence-corrected chi connectivity index (χ2v) is 4.85. The fourth-order valence-electron chi connectivity index (χ4n) is 1.51. The SMILES string of the molecule is CCCCC(C)Nc1c(F)cc(Br)cc1F. The van der Waals surface area contributed by atoms with Crippen molar-refractivity contribution in [3.05, 3.63) is 28.2 Å². The first-order valence-corrected chi connectivity index (χ1v) is 6.25. The number of halogens is 3. The molecule has 1 unspecified atom stereocenters. The van der Waals surface area contributed by atoms with Crippen LogP contribution in [0, 0.1) is 11.6 Å². The molecule has 1 nitrogen and oxygen atoms in total. The molecule has 0 aliphatic heterocycles. The molecule has 1 N–H and O–H groups in total. The molecule has 1 aromatic rings. The van der Waals surface area contributed by atoms with Crippen LogP contribution in [0.3, 0.4) is 0 Å². The van der Waals surface area contributed by atoms with Gasteiger partial charge in [-0.05, 0) is 25.5 Å². The third kappa shape index (κ3) is 3.74. The molecule has 0 bridgehead atoms. The topological polar surface area (TPSA) is 12.0 Å². The first kappa shape index (κ1) is 13.4. The molecule has 0 fully saturated rings. The van der Waals surface area contributed by atoms with E-state index in [1.807, 2.05) is 6.92 Å².